The lowest BCUT2D eigenvalue weighted by atomic mass is 9.95. The Morgan fingerprint density at radius 2 is 1.93 bits per heavy atom. The van der Waals surface area contributed by atoms with Crippen molar-refractivity contribution in [1.82, 2.24) is 14.8 Å². The van der Waals surface area contributed by atoms with Gasteiger partial charge in [-0.15, -0.1) is 11.3 Å². The fourth-order valence-corrected chi connectivity index (χ4v) is 4.53. The Balaban J connectivity index is 2.03. The molecule has 2 aromatic rings. The van der Waals surface area contributed by atoms with Crippen molar-refractivity contribution >= 4 is 34.6 Å². The fourth-order valence-electron chi connectivity index (χ4n) is 3.53. The largest absolute Gasteiger partial charge is 0.503 e. The predicted molar refractivity (Wildman–Crippen MR) is 115 cm³/mol. The van der Waals surface area contributed by atoms with Crippen LogP contribution in [0.5, 0.6) is 0 Å². The molecule has 6 nitrogen and oxygen atoms in total. The summed E-state index contributed by atoms with van der Waals surface area (Å²) in [6.45, 7) is 4.80. The number of ketones is 1. The average Bonchev–Trinajstić information content (AvgIpc) is 3.12. The lowest BCUT2D eigenvalue weighted by molar-refractivity contribution is -0.129. The van der Waals surface area contributed by atoms with E-state index in [1.165, 1.54) is 11.3 Å². The van der Waals surface area contributed by atoms with Crippen LogP contribution in [0.1, 0.15) is 38.4 Å². The Morgan fingerprint density at radius 1 is 1.28 bits per heavy atom. The highest BCUT2D eigenvalue weighted by atomic mass is 35.5. The molecule has 29 heavy (non-hydrogen) atoms. The van der Waals surface area contributed by atoms with Gasteiger partial charge in [-0.2, -0.15) is 0 Å². The van der Waals surface area contributed by atoms with E-state index in [9.17, 15) is 14.7 Å². The maximum atomic E-state index is 13.4. The molecular formula is C21H24ClN3O3S. The van der Waals surface area contributed by atoms with Crippen molar-refractivity contribution in [3.63, 3.8) is 0 Å². The Labute approximate surface area is 179 Å². The number of rotatable bonds is 7. The molecule has 1 aromatic heterocycles. The molecule has 0 aliphatic carbocycles. The van der Waals surface area contributed by atoms with Gasteiger partial charge in [0.05, 0.1) is 27.2 Å². The summed E-state index contributed by atoms with van der Waals surface area (Å²) in [4.78, 5) is 34.6. The molecule has 154 valence electrons. The molecule has 0 fully saturated rings. The van der Waals surface area contributed by atoms with Gasteiger partial charge in [-0.05, 0) is 58.6 Å². The average molecular weight is 434 g/mol. The molecule has 1 aromatic carbocycles. The minimum Gasteiger partial charge on any atom is -0.503 e. The van der Waals surface area contributed by atoms with E-state index in [1.54, 1.807) is 36.1 Å². The summed E-state index contributed by atoms with van der Waals surface area (Å²) in [6.07, 6.45) is 0.719. The van der Waals surface area contributed by atoms with Gasteiger partial charge in [-0.25, -0.2) is 4.98 Å². The van der Waals surface area contributed by atoms with Crippen LogP contribution in [0.15, 0.2) is 35.6 Å². The van der Waals surface area contributed by atoms with E-state index in [2.05, 4.69) is 4.98 Å². The summed E-state index contributed by atoms with van der Waals surface area (Å²) in [5.74, 6) is -1.36. The lowest BCUT2D eigenvalue weighted by Crippen LogP contribution is -2.33. The van der Waals surface area contributed by atoms with Gasteiger partial charge in [0.25, 0.3) is 5.91 Å². The summed E-state index contributed by atoms with van der Waals surface area (Å²) in [6, 6.07) is 6.36. The maximum absolute atomic E-state index is 13.4. The van der Waals surface area contributed by atoms with Crippen molar-refractivity contribution < 1.29 is 14.7 Å². The van der Waals surface area contributed by atoms with E-state index in [-0.39, 0.29) is 11.4 Å². The molecular weight excluding hydrogens is 410 g/mol. The van der Waals surface area contributed by atoms with Crippen LogP contribution >= 0.6 is 22.9 Å². The first-order valence-corrected chi connectivity index (χ1v) is 10.5. The molecule has 1 aliphatic rings. The Hall–Kier alpha value is -2.22. The number of nitrogens with zero attached hydrogens (tertiary/aromatic N) is 3. The fraction of sp³-hybridized carbons (Fsp3) is 0.381. The number of halogens is 1. The van der Waals surface area contributed by atoms with Crippen LogP contribution in [0.4, 0.5) is 0 Å². The first-order valence-electron chi connectivity index (χ1n) is 9.33. The second kappa shape index (κ2) is 8.65. The number of carbonyl (C=O) groups is 2. The van der Waals surface area contributed by atoms with Crippen molar-refractivity contribution in [2.75, 3.05) is 27.2 Å². The van der Waals surface area contributed by atoms with E-state index in [1.807, 2.05) is 25.9 Å². The van der Waals surface area contributed by atoms with Gasteiger partial charge in [-0.3, -0.25) is 9.59 Å². The molecule has 1 amide bonds. The zero-order chi connectivity index (χ0) is 21.3. The van der Waals surface area contributed by atoms with Crippen LogP contribution in [0.25, 0.3) is 0 Å². The molecule has 0 spiro atoms. The number of aromatic nitrogens is 1. The SMILES string of the molecule is Cc1nc(C)c(C(=O)C2=C(O)C(=O)N(CCCN(C)C)[C@@H]2c2ccc(Cl)cc2)s1. The minimum absolute atomic E-state index is 0.105. The molecule has 0 unspecified atom stereocenters. The smallest absolute Gasteiger partial charge is 0.290 e. The van der Waals surface area contributed by atoms with Crippen LogP contribution in [-0.2, 0) is 4.79 Å². The highest BCUT2D eigenvalue weighted by molar-refractivity contribution is 7.14. The van der Waals surface area contributed by atoms with Crippen molar-refractivity contribution in [3.05, 3.63) is 61.8 Å². The number of carbonyl (C=O) groups excluding carboxylic acids is 2. The van der Waals surface area contributed by atoms with Gasteiger partial charge in [0.2, 0.25) is 5.78 Å². The summed E-state index contributed by atoms with van der Waals surface area (Å²) >= 11 is 7.30. The first kappa shape index (κ1) is 21.5. The molecule has 0 radical (unpaired) electrons. The molecule has 0 bridgehead atoms. The first-order chi connectivity index (χ1) is 13.7. The summed E-state index contributed by atoms with van der Waals surface area (Å²) in [7, 11) is 3.92. The number of hydrogen-bond acceptors (Lipinski definition) is 6. The van der Waals surface area contributed by atoms with Crippen molar-refractivity contribution in [1.29, 1.82) is 0 Å². The molecule has 1 atom stereocenters. The van der Waals surface area contributed by atoms with Gasteiger partial charge >= 0.3 is 0 Å². The van der Waals surface area contributed by atoms with Crippen LogP contribution in [-0.4, -0.2) is 58.8 Å². The van der Waals surface area contributed by atoms with Gasteiger partial charge in [0.1, 0.15) is 0 Å². The van der Waals surface area contributed by atoms with Gasteiger partial charge < -0.3 is 14.9 Å². The number of hydrogen-bond donors (Lipinski definition) is 1. The molecule has 8 heteroatoms. The monoisotopic (exact) mass is 433 g/mol. The number of aliphatic hydroxyl groups excluding tert-OH is 1. The number of aryl methyl sites for hydroxylation is 2. The number of amides is 1. The van der Waals surface area contributed by atoms with Crippen molar-refractivity contribution in [3.8, 4) is 0 Å². The van der Waals surface area contributed by atoms with E-state index < -0.39 is 17.7 Å². The normalized spacial score (nSPS) is 17.0. The van der Waals surface area contributed by atoms with Crippen LogP contribution in [0.3, 0.4) is 0 Å². The number of benzene rings is 1. The third-order valence-corrected chi connectivity index (χ3v) is 6.17. The van der Waals surface area contributed by atoms with Crippen LogP contribution < -0.4 is 0 Å². The van der Waals surface area contributed by atoms with Crippen molar-refractivity contribution in [2.45, 2.75) is 26.3 Å². The lowest BCUT2D eigenvalue weighted by Gasteiger charge is -2.27. The second-order valence-corrected chi connectivity index (χ2v) is 8.99. The summed E-state index contributed by atoms with van der Waals surface area (Å²) < 4.78 is 0. The number of aliphatic hydroxyl groups is 1. The highest BCUT2D eigenvalue weighted by Crippen LogP contribution is 2.40. The molecule has 1 N–H and O–H groups in total. The highest BCUT2D eigenvalue weighted by Gasteiger charge is 2.44. The summed E-state index contributed by atoms with van der Waals surface area (Å²) in [5, 5.41) is 12.0. The molecule has 2 heterocycles. The van der Waals surface area contributed by atoms with E-state index in [0.717, 1.165) is 23.5 Å². The molecule has 1 aliphatic heterocycles. The molecule has 3 rings (SSSR count). The second-order valence-electron chi connectivity index (χ2n) is 7.35. The topological polar surface area (TPSA) is 73.7 Å². The van der Waals surface area contributed by atoms with Gasteiger partial charge in [0.15, 0.2) is 5.76 Å². The third kappa shape index (κ3) is 4.37. The third-order valence-electron chi connectivity index (χ3n) is 4.85. The van der Waals surface area contributed by atoms with E-state index in [0.29, 0.717) is 22.1 Å². The number of thiazole rings is 1. The standard InChI is InChI=1S/C21H24ClN3O3S/c1-12-20(29-13(2)23-12)18(26)16-17(14-6-8-15(22)9-7-14)25(21(28)19(16)27)11-5-10-24(3)4/h6-9,17,27H,5,10-11H2,1-4H3/t17-/m1/s1. The zero-order valence-electron chi connectivity index (χ0n) is 16.9. The Kier molecular flexibility index (Phi) is 6.41. The maximum Gasteiger partial charge on any atom is 0.290 e. The Bertz CT molecular complexity index is 966. The summed E-state index contributed by atoms with van der Waals surface area (Å²) in [5.41, 5.74) is 1.44. The van der Waals surface area contributed by atoms with E-state index >= 15 is 0 Å². The minimum atomic E-state index is -0.656. The van der Waals surface area contributed by atoms with Crippen LogP contribution in [0, 0.1) is 13.8 Å². The quantitative estimate of drug-likeness (QED) is 0.669. The Morgan fingerprint density at radius 3 is 2.48 bits per heavy atom. The molecule has 0 saturated heterocycles. The van der Waals surface area contributed by atoms with Crippen molar-refractivity contribution in [2.24, 2.45) is 0 Å². The molecule has 0 saturated carbocycles. The van der Waals surface area contributed by atoms with E-state index in [4.69, 9.17) is 11.6 Å². The van der Waals surface area contributed by atoms with Crippen LogP contribution in [0.2, 0.25) is 5.02 Å². The van der Waals surface area contributed by atoms with Gasteiger partial charge in [0, 0.05) is 11.6 Å². The van der Waals surface area contributed by atoms with Gasteiger partial charge in [-0.1, -0.05) is 23.7 Å². The predicted octanol–water partition coefficient (Wildman–Crippen LogP) is 3.94. The zero-order valence-corrected chi connectivity index (χ0v) is 18.5. The number of Topliss-reactive ketones (excluding diaryl/α,β-unsaturated/α-hetero) is 1.